The summed E-state index contributed by atoms with van der Waals surface area (Å²) in [6.07, 6.45) is 2.02. The first-order valence-electron chi connectivity index (χ1n) is 5.74. The molecule has 0 aliphatic carbocycles. The van der Waals surface area contributed by atoms with Gasteiger partial charge in [0.1, 0.15) is 11.3 Å². The number of amides is 1. The Kier molecular flexibility index (Phi) is 3.52. The highest BCUT2D eigenvalue weighted by atomic mass is 35.5. The molecule has 1 atom stereocenters. The molecule has 0 bridgehead atoms. The second-order valence-corrected chi connectivity index (χ2v) is 4.96. The van der Waals surface area contributed by atoms with E-state index >= 15 is 0 Å². The fourth-order valence-electron chi connectivity index (χ4n) is 1.88. The number of imidazole rings is 1. The molecule has 2 heterocycles. The van der Waals surface area contributed by atoms with Crippen LogP contribution in [0.2, 0.25) is 0 Å². The zero-order chi connectivity index (χ0) is 13.3. The maximum absolute atomic E-state index is 10.9. The summed E-state index contributed by atoms with van der Waals surface area (Å²) in [6.45, 7) is 4.25. The second kappa shape index (κ2) is 4.94. The van der Waals surface area contributed by atoms with Crippen LogP contribution in [0.4, 0.5) is 0 Å². The molecule has 96 valence electrons. The van der Waals surface area contributed by atoms with E-state index in [1.165, 1.54) is 0 Å². The molecule has 2 aromatic rings. The second-order valence-electron chi connectivity index (χ2n) is 4.31. The van der Waals surface area contributed by atoms with E-state index in [1.807, 2.05) is 24.5 Å². The smallest absolute Gasteiger partial charge is 0.219 e. The molecule has 0 aromatic carbocycles. The van der Waals surface area contributed by atoms with Gasteiger partial charge in [0.2, 0.25) is 5.91 Å². The van der Waals surface area contributed by atoms with Gasteiger partial charge in [0.25, 0.3) is 0 Å². The largest absolute Gasteiger partial charge is 0.370 e. The minimum absolute atomic E-state index is 0.243. The van der Waals surface area contributed by atoms with E-state index in [0.717, 1.165) is 16.7 Å². The van der Waals surface area contributed by atoms with Gasteiger partial charge >= 0.3 is 0 Å². The van der Waals surface area contributed by atoms with Crippen molar-refractivity contribution in [2.75, 3.05) is 0 Å². The van der Waals surface area contributed by atoms with E-state index in [-0.39, 0.29) is 17.7 Å². The van der Waals surface area contributed by atoms with Gasteiger partial charge < -0.3 is 10.3 Å². The van der Waals surface area contributed by atoms with Crippen molar-refractivity contribution in [1.82, 2.24) is 14.5 Å². The van der Waals surface area contributed by atoms with Crippen LogP contribution in [0, 0.1) is 6.92 Å². The molecule has 0 saturated carbocycles. The number of carbonyl (C=O) groups excluding carboxylic acids is 1. The minimum Gasteiger partial charge on any atom is -0.370 e. The zero-order valence-electron chi connectivity index (χ0n) is 10.4. The Bertz CT molecular complexity index is 591. The van der Waals surface area contributed by atoms with Crippen LogP contribution in [0.15, 0.2) is 12.3 Å². The van der Waals surface area contributed by atoms with E-state index in [9.17, 15) is 4.79 Å². The summed E-state index contributed by atoms with van der Waals surface area (Å²) in [5, 5.41) is -0.243. The monoisotopic (exact) mass is 266 g/mol. The summed E-state index contributed by atoms with van der Waals surface area (Å²) < 4.78 is 1.86. The van der Waals surface area contributed by atoms with Gasteiger partial charge in [0.05, 0.1) is 5.38 Å². The molecule has 2 rings (SSSR count). The van der Waals surface area contributed by atoms with Crippen LogP contribution < -0.4 is 5.73 Å². The molecule has 0 aliphatic rings. The van der Waals surface area contributed by atoms with Gasteiger partial charge in [-0.05, 0) is 25.5 Å². The molecule has 2 N–H and O–H groups in total. The van der Waals surface area contributed by atoms with Crippen LogP contribution in [0.25, 0.3) is 11.2 Å². The van der Waals surface area contributed by atoms with Crippen molar-refractivity contribution >= 4 is 28.7 Å². The van der Waals surface area contributed by atoms with E-state index in [2.05, 4.69) is 9.97 Å². The van der Waals surface area contributed by atoms with Crippen molar-refractivity contribution in [3.8, 4) is 0 Å². The Morgan fingerprint density at radius 1 is 1.61 bits per heavy atom. The van der Waals surface area contributed by atoms with Gasteiger partial charge in [-0.1, -0.05) is 0 Å². The summed E-state index contributed by atoms with van der Waals surface area (Å²) in [7, 11) is 0. The van der Waals surface area contributed by atoms with Crippen molar-refractivity contribution in [1.29, 1.82) is 0 Å². The number of nitrogens with zero attached hydrogens (tertiary/aromatic N) is 3. The van der Waals surface area contributed by atoms with Crippen LogP contribution in [0.5, 0.6) is 0 Å². The van der Waals surface area contributed by atoms with Crippen molar-refractivity contribution < 1.29 is 4.79 Å². The number of rotatable bonds is 4. The van der Waals surface area contributed by atoms with Gasteiger partial charge in [-0.2, -0.15) is 0 Å². The minimum atomic E-state index is -0.350. The molecule has 6 heteroatoms. The lowest BCUT2D eigenvalue weighted by Crippen LogP contribution is -2.15. The standard InChI is InChI=1S/C12H15ClN4O/c1-7-5-9-12(15-6-7)17(4-3-10(14)18)11(16-9)8(2)13/h5-6,8H,3-4H2,1-2H3,(H2,14,18). The summed E-state index contributed by atoms with van der Waals surface area (Å²) in [5.74, 6) is 0.364. The molecule has 0 radical (unpaired) electrons. The third-order valence-electron chi connectivity index (χ3n) is 2.69. The number of halogens is 1. The summed E-state index contributed by atoms with van der Waals surface area (Å²) in [4.78, 5) is 19.7. The van der Waals surface area contributed by atoms with E-state index in [0.29, 0.717) is 12.4 Å². The average molecular weight is 267 g/mol. The molecule has 0 fully saturated rings. The number of carbonyl (C=O) groups is 1. The molecule has 0 aliphatic heterocycles. The highest BCUT2D eigenvalue weighted by molar-refractivity contribution is 6.20. The average Bonchev–Trinajstić information content (AvgIpc) is 2.64. The van der Waals surface area contributed by atoms with Crippen LogP contribution >= 0.6 is 11.6 Å². The van der Waals surface area contributed by atoms with Gasteiger partial charge in [-0.25, -0.2) is 9.97 Å². The van der Waals surface area contributed by atoms with Crippen molar-refractivity contribution in [3.63, 3.8) is 0 Å². The van der Waals surface area contributed by atoms with Gasteiger partial charge in [0.15, 0.2) is 5.65 Å². The zero-order valence-corrected chi connectivity index (χ0v) is 11.1. The van der Waals surface area contributed by atoms with Crippen molar-refractivity contribution in [3.05, 3.63) is 23.7 Å². The van der Waals surface area contributed by atoms with Gasteiger partial charge in [-0.3, -0.25) is 4.79 Å². The number of aryl methyl sites for hydroxylation is 2. The van der Waals surface area contributed by atoms with Gasteiger partial charge in [-0.15, -0.1) is 11.6 Å². The first-order chi connectivity index (χ1) is 8.49. The van der Waals surface area contributed by atoms with E-state index in [4.69, 9.17) is 17.3 Å². The number of primary amides is 1. The van der Waals surface area contributed by atoms with Crippen molar-refractivity contribution in [2.45, 2.75) is 32.2 Å². The number of nitrogens with two attached hydrogens (primary N) is 1. The van der Waals surface area contributed by atoms with Crippen LogP contribution in [-0.2, 0) is 11.3 Å². The number of hydrogen-bond donors (Lipinski definition) is 1. The topological polar surface area (TPSA) is 73.8 Å². The molecular formula is C12H15ClN4O. The Hall–Kier alpha value is -1.62. The molecule has 0 spiro atoms. The quantitative estimate of drug-likeness (QED) is 0.859. The Balaban J connectivity index is 2.52. The number of hydrogen-bond acceptors (Lipinski definition) is 3. The number of aromatic nitrogens is 3. The third kappa shape index (κ3) is 2.46. The summed E-state index contributed by atoms with van der Waals surface area (Å²) in [6, 6.07) is 1.95. The Morgan fingerprint density at radius 3 is 2.94 bits per heavy atom. The molecule has 1 unspecified atom stereocenters. The fraction of sp³-hybridized carbons (Fsp3) is 0.417. The van der Waals surface area contributed by atoms with Crippen LogP contribution in [0.1, 0.15) is 30.1 Å². The predicted octanol–water partition coefficient (Wildman–Crippen LogP) is 1.91. The van der Waals surface area contributed by atoms with Gasteiger partial charge in [0, 0.05) is 19.2 Å². The molecular weight excluding hydrogens is 252 g/mol. The summed E-state index contributed by atoms with van der Waals surface area (Å²) in [5.41, 5.74) is 7.75. The maximum Gasteiger partial charge on any atom is 0.219 e. The van der Waals surface area contributed by atoms with Crippen LogP contribution in [0.3, 0.4) is 0 Å². The lowest BCUT2D eigenvalue weighted by Gasteiger charge is -2.08. The van der Waals surface area contributed by atoms with Crippen LogP contribution in [-0.4, -0.2) is 20.4 Å². The number of pyridine rings is 1. The first-order valence-corrected chi connectivity index (χ1v) is 6.18. The highest BCUT2D eigenvalue weighted by Crippen LogP contribution is 2.24. The predicted molar refractivity (Wildman–Crippen MR) is 70.3 cm³/mol. The molecule has 5 nitrogen and oxygen atoms in total. The molecule has 2 aromatic heterocycles. The lowest BCUT2D eigenvalue weighted by atomic mass is 10.3. The van der Waals surface area contributed by atoms with E-state index < -0.39 is 0 Å². The Morgan fingerprint density at radius 2 is 2.33 bits per heavy atom. The third-order valence-corrected chi connectivity index (χ3v) is 2.88. The number of alkyl halides is 1. The van der Waals surface area contributed by atoms with E-state index in [1.54, 1.807) is 6.20 Å². The molecule has 18 heavy (non-hydrogen) atoms. The summed E-state index contributed by atoms with van der Waals surface area (Å²) >= 11 is 6.11. The SMILES string of the molecule is Cc1cnc2c(c1)nc(C(C)Cl)n2CCC(N)=O. The highest BCUT2D eigenvalue weighted by Gasteiger charge is 2.16. The molecule has 1 amide bonds. The lowest BCUT2D eigenvalue weighted by molar-refractivity contribution is -0.118. The maximum atomic E-state index is 10.9. The first kappa shape index (κ1) is 12.8. The number of fused-ring (bicyclic) bond motifs is 1. The van der Waals surface area contributed by atoms with Crippen molar-refractivity contribution in [2.24, 2.45) is 5.73 Å². The molecule has 0 saturated heterocycles. The Labute approximate surface area is 110 Å². The normalized spacial score (nSPS) is 12.8. The fourth-order valence-corrected chi connectivity index (χ4v) is 2.04.